The molecule has 1 aliphatic rings. The number of amides is 1. The SMILES string of the molecule is Cc1ccc(OCc2nc(CN(CC(C)C)C(=O)C3CCCC3)cs2)cc1C. The largest absolute Gasteiger partial charge is 0.486 e. The first kappa shape index (κ1) is 20.8. The minimum Gasteiger partial charge on any atom is -0.486 e. The van der Waals surface area contributed by atoms with Gasteiger partial charge in [-0.25, -0.2) is 4.98 Å². The van der Waals surface area contributed by atoms with Crippen molar-refractivity contribution in [1.82, 2.24) is 9.88 Å². The maximum absolute atomic E-state index is 12.9. The third kappa shape index (κ3) is 5.57. The molecular weight excluding hydrogens is 368 g/mol. The van der Waals surface area contributed by atoms with E-state index in [0.717, 1.165) is 35.8 Å². The van der Waals surface area contributed by atoms with Crippen molar-refractivity contribution in [2.45, 2.75) is 66.5 Å². The Morgan fingerprint density at radius 2 is 2.00 bits per heavy atom. The molecule has 0 unspecified atom stereocenters. The number of aryl methyl sites for hydroxylation is 2. The number of carbonyl (C=O) groups is 1. The zero-order valence-electron chi connectivity index (χ0n) is 17.5. The molecule has 1 saturated carbocycles. The summed E-state index contributed by atoms with van der Waals surface area (Å²) in [7, 11) is 0. The number of rotatable bonds is 8. The second kappa shape index (κ2) is 9.55. The van der Waals surface area contributed by atoms with Gasteiger partial charge in [0.2, 0.25) is 5.91 Å². The zero-order valence-corrected chi connectivity index (χ0v) is 18.3. The van der Waals surface area contributed by atoms with Crippen molar-refractivity contribution in [3.63, 3.8) is 0 Å². The van der Waals surface area contributed by atoms with Crippen molar-refractivity contribution in [2.75, 3.05) is 6.54 Å². The summed E-state index contributed by atoms with van der Waals surface area (Å²) in [6, 6.07) is 6.15. The average Bonchev–Trinajstić information content (AvgIpc) is 3.33. The average molecular weight is 401 g/mol. The van der Waals surface area contributed by atoms with Gasteiger partial charge in [0, 0.05) is 17.8 Å². The van der Waals surface area contributed by atoms with E-state index in [1.165, 1.54) is 24.0 Å². The van der Waals surface area contributed by atoms with E-state index in [0.29, 0.717) is 25.0 Å². The summed E-state index contributed by atoms with van der Waals surface area (Å²) >= 11 is 1.61. The van der Waals surface area contributed by atoms with Crippen LogP contribution in [0.3, 0.4) is 0 Å². The van der Waals surface area contributed by atoms with Crippen molar-refractivity contribution in [1.29, 1.82) is 0 Å². The highest BCUT2D eigenvalue weighted by Gasteiger charge is 2.28. The topological polar surface area (TPSA) is 42.4 Å². The summed E-state index contributed by atoms with van der Waals surface area (Å²) < 4.78 is 5.91. The van der Waals surface area contributed by atoms with Gasteiger partial charge >= 0.3 is 0 Å². The number of aromatic nitrogens is 1. The molecule has 1 amide bonds. The predicted molar refractivity (Wildman–Crippen MR) is 115 cm³/mol. The molecule has 1 aliphatic carbocycles. The number of benzene rings is 1. The number of ether oxygens (including phenoxy) is 1. The lowest BCUT2D eigenvalue weighted by molar-refractivity contribution is -0.136. The molecule has 5 heteroatoms. The second-order valence-electron chi connectivity index (χ2n) is 8.36. The molecule has 1 aromatic carbocycles. The fourth-order valence-corrected chi connectivity index (χ4v) is 4.43. The highest BCUT2D eigenvalue weighted by molar-refractivity contribution is 7.09. The first-order valence-electron chi connectivity index (χ1n) is 10.3. The van der Waals surface area contributed by atoms with Crippen LogP contribution >= 0.6 is 11.3 Å². The number of carbonyl (C=O) groups excluding carboxylic acids is 1. The van der Waals surface area contributed by atoms with Crippen molar-refractivity contribution in [3.05, 3.63) is 45.4 Å². The van der Waals surface area contributed by atoms with Gasteiger partial charge in [0.15, 0.2) is 0 Å². The van der Waals surface area contributed by atoms with Crippen LogP contribution in [0.25, 0.3) is 0 Å². The highest BCUT2D eigenvalue weighted by Crippen LogP contribution is 2.28. The lowest BCUT2D eigenvalue weighted by atomic mass is 10.1. The number of nitrogens with zero attached hydrogens (tertiary/aromatic N) is 2. The Kier molecular flexibility index (Phi) is 7.11. The Hall–Kier alpha value is -1.88. The molecule has 0 N–H and O–H groups in total. The van der Waals surface area contributed by atoms with Crippen LogP contribution in [0, 0.1) is 25.7 Å². The molecule has 0 bridgehead atoms. The molecule has 28 heavy (non-hydrogen) atoms. The lowest BCUT2D eigenvalue weighted by Gasteiger charge is -2.26. The lowest BCUT2D eigenvalue weighted by Crippen LogP contribution is -2.37. The Balaban J connectivity index is 1.60. The summed E-state index contributed by atoms with van der Waals surface area (Å²) in [6.45, 7) is 10.4. The van der Waals surface area contributed by atoms with Crippen molar-refractivity contribution >= 4 is 17.2 Å². The van der Waals surface area contributed by atoms with Gasteiger partial charge in [0.05, 0.1) is 12.2 Å². The second-order valence-corrected chi connectivity index (χ2v) is 9.30. The Morgan fingerprint density at radius 3 is 2.68 bits per heavy atom. The molecule has 0 atom stereocenters. The molecule has 1 heterocycles. The fourth-order valence-electron chi connectivity index (χ4n) is 3.74. The van der Waals surface area contributed by atoms with Gasteiger partial charge in [-0.05, 0) is 55.9 Å². The van der Waals surface area contributed by atoms with Gasteiger partial charge in [0.25, 0.3) is 0 Å². The van der Waals surface area contributed by atoms with Crippen LogP contribution in [0.2, 0.25) is 0 Å². The minimum absolute atomic E-state index is 0.213. The van der Waals surface area contributed by atoms with Crippen LogP contribution in [0.5, 0.6) is 5.75 Å². The van der Waals surface area contributed by atoms with Gasteiger partial charge in [0.1, 0.15) is 17.4 Å². The molecular formula is C23H32N2O2S. The molecule has 0 aliphatic heterocycles. The first-order chi connectivity index (χ1) is 13.4. The molecule has 1 fully saturated rings. The molecule has 2 aromatic rings. The van der Waals surface area contributed by atoms with E-state index in [1.54, 1.807) is 11.3 Å². The van der Waals surface area contributed by atoms with Crippen molar-refractivity contribution in [3.8, 4) is 5.75 Å². The van der Waals surface area contributed by atoms with Gasteiger partial charge in [-0.1, -0.05) is 32.8 Å². The van der Waals surface area contributed by atoms with Crippen molar-refractivity contribution in [2.24, 2.45) is 11.8 Å². The number of hydrogen-bond acceptors (Lipinski definition) is 4. The van der Waals surface area contributed by atoms with E-state index in [4.69, 9.17) is 9.72 Å². The van der Waals surface area contributed by atoms with Crippen LogP contribution in [-0.4, -0.2) is 22.3 Å². The summed E-state index contributed by atoms with van der Waals surface area (Å²) in [4.78, 5) is 19.7. The van der Waals surface area contributed by atoms with Crippen LogP contribution in [0.15, 0.2) is 23.6 Å². The van der Waals surface area contributed by atoms with Gasteiger partial charge in [-0.3, -0.25) is 4.79 Å². The van der Waals surface area contributed by atoms with Gasteiger partial charge in [-0.15, -0.1) is 11.3 Å². The first-order valence-corrected chi connectivity index (χ1v) is 11.2. The molecule has 0 saturated heterocycles. The van der Waals surface area contributed by atoms with E-state index in [9.17, 15) is 4.79 Å². The van der Waals surface area contributed by atoms with E-state index < -0.39 is 0 Å². The van der Waals surface area contributed by atoms with Gasteiger partial charge < -0.3 is 9.64 Å². The normalized spacial score (nSPS) is 14.6. The maximum atomic E-state index is 12.9. The van der Waals surface area contributed by atoms with E-state index in [2.05, 4.69) is 45.2 Å². The molecule has 0 spiro atoms. The Labute approximate surface area is 172 Å². The highest BCUT2D eigenvalue weighted by atomic mass is 32.1. The van der Waals surface area contributed by atoms with Gasteiger partial charge in [-0.2, -0.15) is 0 Å². The molecule has 1 aromatic heterocycles. The minimum atomic E-state index is 0.213. The van der Waals surface area contributed by atoms with Crippen LogP contribution in [0.1, 0.15) is 61.4 Å². The Morgan fingerprint density at radius 1 is 1.25 bits per heavy atom. The van der Waals surface area contributed by atoms with E-state index in [-0.39, 0.29) is 5.92 Å². The third-order valence-electron chi connectivity index (χ3n) is 5.39. The standard InChI is InChI=1S/C23H32N2O2S/c1-16(2)12-25(23(26)19-7-5-6-8-19)13-20-15-28-22(24-20)14-27-21-10-9-17(3)18(4)11-21/h9-11,15-16,19H,5-8,12-14H2,1-4H3. The summed E-state index contributed by atoms with van der Waals surface area (Å²) in [5.41, 5.74) is 3.46. The Bertz CT molecular complexity index is 794. The molecule has 3 rings (SSSR count). The molecule has 0 radical (unpaired) electrons. The zero-order chi connectivity index (χ0) is 20.1. The third-order valence-corrected chi connectivity index (χ3v) is 6.27. The smallest absolute Gasteiger partial charge is 0.226 e. The van der Waals surface area contributed by atoms with Crippen molar-refractivity contribution < 1.29 is 9.53 Å². The van der Waals surface area contributed by atoms with Crippen LogP contribution in [-0.2, 0) is 17.9 Å². The van der Waals surface area contributed by atoms with E-state index >= 15 is 0 Å². The summed E-state index contributed by atoms with van der Waals surface area (Å²) in [5, 5.41) is 3.01. The summed E-state index contributed by atoms with van der Waals surface area (Å²) in [6.07, 6.45) is 4.45. The predicted octanol–water partition coefficient (Wildman–Crippen LogP) is 5.51. The van der Waals surface area contributed by atoms with E-state index in [1.807, 2.05) is 11.0 Å². The van der Waals surface area contributed by atoms with Crippen LogP contribution in [0.4, 0.5) is 0 Å². The van der Waals surface area contributed by atoms with Crippen LogP contribution < -0.4 is 4.74 Å². The monoisotopic (exact) mass is 400 g/mol. The summed E-state index contributed by atoms with van der Waals surface area (Å²) in [5.74, 6) is 1.85. The quantitative estimate of drug-likeness (QED) is 0.586. The molecule has 152 valence electrons. The maximum Gasteiger partial charge on any atom is 0.226 e. The molecule has 4 nitrogen and oxygen atoms in total. The number of thiazole rings is 1. The fraction of sp³-hybridized carbons (Fsp3) is 0.565. The number of hydrogen-bond donors (Lipinski definition) is 0.